The van der Waals surface area contributed by atoms with E-state index < -0.39 is 17.2 Å². The van der Waals surface area contributed by atoms with Gasteiger partial charge in [-0.3, -0.25) is 0 Å². The third-order valence-corrected chi connectivity index (χ3v) is 7.65. The Labute approximate surface area is 209 Å². The van der Waals surface area contributed by atoms with Gasteiger partial charge in [0.25, 0.3) is 0 Å². The molecule has 0 aromatic heterocycles. The second kappa shape index (κ2) is 8.37. The van der Waals surface area contributed by atoms with Crippen molar-refractivity contribution in [3.8, 4) is 0 Å². The number of hydrogen-bond donors (Lipinski definition) is 0. The molecule has 3 aromatic rings. The number of halogens is 3. The summed E-state index contributed by atoms with van der Waals surface area (Å²) in [7, 11) is 0. The zero-order valence-electron chi connectivity index (χ0n) is 19.9. The van der Waals surface area contributed by atoms with E-state index in [-0.39, 0.29) is 5.92 Å². The molecular weight excluding hydrogens is 453 g/mol. The minimum atomic E-state index is -4.36. The van der Waals surface area contributed by atoms with E-state index in [0.29, 0.717) is 0 Å². The summed E-state index contributed by atoms with van der Waals surface area (Å²) in [5, 5.41) is 0. The molecule has 6 rings (SSSR count). The summed E-state index contributed by atoms with van der Waals surface area (Å²) in [6, 6.07) is 24.4. The van der Waals surface area contributed by atoms with Crippen LogP contribution in [0.25, 0.3) is 11.6 Å². The number of allylic oxidation sites excluding steroid dienone is 9. The van der Waals surface area contributed by atoms with Gasteiger partial charge in [0.05, 0.1) is 5.56 Å². The average molecular weight is 479 g/mol. The molecule has 0 saturated carbocycles. The van der Waals surface area contributed by atoms with E-state index in [0.717, 1.165) is 23.1 Å². The lowest BCUT2D eigenvalue weighted by Gasteiger charge is -2.43. The van der Waals surface area contributed by atoms with Crippen molar-refractivity contribution in [2.75, 3.05) is 0 Å². The molecule has 2 unspecified atom stereocenters. The van der Waals surface area contributed by atoms with Crippen molar-refractivity contribution in [1.82, 2.24) is 0 Å². The first-order valence-corrected chi connectivity index (χ1v) is 12.3. The molecular formula is C33H25F3. The van der Waals surface area contributed by atoms with Gasteiger partial charge >= 0.3 is 6.18 Å². The normalized spacial score (nSPS) is 22.4. The van der Waals surface area contributed by atoms with Crippen LogP contribution < -0.4 is 0 Å². The number of benzene rings is 3. The number of alkyl halides is 3. The molecule has 3 heteroatoms. The van der Waals surface area contributed by atoms with Crippen molar-refractivity contribution in [3.05, 3.63) is 154 Å². The quantitative estimate of drug-likeness (QED) is 0.351. The van der Waals surface area contributed by atoms with Gasteiger partial charge < -0.3 is 0 Å². The van der Waals surface area contributed by atoms with Gasteiger partial charge in [-0.25, -0.2) is 0 Å². The summed E-state index contributed by atoms with van der Waals surface area (Å²) in [5.74, 6) is -0.0938. The van der Waals surface area contributed by atoms with Gasteiger partial charge in [0, 0.05) is 11.3 Å². The number of hydrogen-bond acceptors (Lipinski definition) is 0. The molecule has 3 aromatic carbocycles. The zero-order chi connectivity index (χ0) is 24.9. The van der Waals surface area contributed by atoms with E-state index in [2.05, 4.69) is 85.8 Å². The van der Waals surface area contributed by atoms with Gasteiger partial charge in [-0.2, -0.15) is 13.2 Å². The Morgan fingerprint density at radius 3 is 2.25 bits per heavy atom. The minimum absolute atomic E-state index is 0.0938. The third-order valence-electron chi connectivity index (χ3n) is 7.65. The summed E-state index contributed by atoms with van der Waals surface area (Å²) in [4.78, 5) is 0. The van der Waals surface area contributed by atoms with Crippen LogP contribution in [0.4, 0.5) is 13.2 Å². The molecule has 0 fully saturated rings. The van der Waals surface area contributed by atoms with Crippen LogP contribution in [0.3, 0.4) is 0 Å². The summed E-state index contributed by atoms with van der Waals surface area (Å²) in [5.41, 5.74) is 7.91. The van der Waals surface area contributed by atoms with E-state index in [1.807, 2.05) is 12.1 Å². The lowest BCUT2D eigenvalue weighted by atomic mass is 9.59. The standard InChI is InChI=1S/C33H25F3/c1-2-22-19-25-10-8-18-32(30(25)20-22,26-11-4-3-5-12-26)31-28-13-7-6-9-24(28)21-29(31)23-14-16-27(17-15-23)33(34,35)36/h3-21,31H,2H2,1H3. The van der Waals surface area contributed by atoms with Crippen LogP contribution in [-0.2, 0) is 11.6 Å². The Kier molecular flexibility index (Phi) is 5.26. The molecule has 0 heterocycles. The van der Waals surface area contributed by atoms with Crippen molar-refractivity contribution in [1.29, 1.82) is 0 Å². The largest absolute Gasteiger partial charge is 0.416 e. The van der Waals surface area contributed by atoms with Gasteiger partial charge in [0.2, 0.25) is 0 Å². The fourth-order valence-corrected chi connectivity index (χ4v) is 5.98. The van der Waals surface area contributed by atoms with Crippen LogP contribution in [0, 0.1) is 0 Å². The van der Waals surface area contributed by atoms with Crippen LogP contribution in [0.15, 0.2) is 126 Å². The maximum absolute atomic E-state index is 13.3. The lowest BCUT2D eigenvalue weighted by Crippen LogP contribution is -2.35. The highest BCUT2D eigenvalue weighted by molar-refractivity contribution is 5.94. The molecule has 0 amide bonds. The zero-order valence-corrected chi connectivity index (χ0v) is 19.9. The van der Waals surface area contributed by atoms with Crippen molar-refractivity contribution < 1.29 is 13.2 Å². The predicted octanol–water partition coefficient (Wildman–Crippen LogP) is 9.05. The van der Waals surface area contributed by atoms with Crippen molar-refractivity contribution in [3.63, 3.8) is 0 Å². The maximum Gasteiger partial charge on any atom is 0.416 e. The highest BCUT2D eigenvalue weighted by Gasteiger charge is 2.49. The second-order valence-electron chi connectivity index (χ2n) is 9.58. The molecule has 2 atom stereocenters. The third kappa shape index (κ3) is 3.45. The fraction of sp³-hybridized carbons (Fsp3) is 0.152. The highest BCUT2D eigenvalue weighted by atomic mass is 19.4. The lowest BCUT2D eigenvalue weighted by molar-refractivity contribution is -0.137. The summed E-state index contributed by atoms with van der Waals surface area (Å²) >= 11 is 0. The molecule has 0 spiro atoms. The Hall–Kier alpha value is -3.85. The van der Waals surface area contributed by atoms with E-state index in [9.17, 15) is 13.2 Å². The predicted molar refractivity (Wildman–Crippen MR) is 140 cm³/mol. The van der Waals surface area contributed by atoms with E-state index >= 15 is 0 Å². The Balaban J connectivity index is 1.60. The summed E-state index contributed by atoms with van der Waals surface area (Å²) in [6.07, 6.45) is 9.90. The molecule has 0 aliphatic heterocycles. The molecule has 178 valence electrons. The van der Waals surface area contributed by atoms with Crippen molar-refractivity contribution >= 4 is 11.6 Å². The molecule has 0 N–H and O–H groups in total. The summed E-state index contributed by atoms with van der Waals surface area (Å²) < 4.78 is 40.0. The molecule has 3 aliphatic carbocycles. The first kappa shape index (κ1) is 22.6. The maximum atomic E-state index is 13.3. The molecule has 0 bridgehead atoms. The Bertz CT molecular complexity index is 1480. The highest BCUT2D eigenvalue weighted by Crippen LogP contribution is 2.59. The fourth-order valence-electron chi connectivity index (χ4n) is 5.98. The Morgan fingerprint density at radius 1 is 0.806 bits per heavy atom. The number of rotatable bonds is 4. The number of fused-ring (bicyclic) bond motifs is 2. The van der Waals surface area contributed by atoms with Gasteiger partial charge in [0.15, 0.2) is 0 Å². The van der Waals surface area contributed by atoms with Crippen molar-refractivity contribution in [2.45, 2.75) is 30.9 Å². The smallest absolute Gasteiger partial charge is 0.166 e. The van der Waals surface area contributed by atoms with Crippen LogP contribution in [-0.4, -0.2) is 0 Å². The van der Waals surface area contributed by atoms with Crippen LogP contribution in [0.1, 0.15) is 47.1 Å². The molecule has 0 nitrogen and oxygen atoms in total. The molecule has 0 saturated heterocycles. The first-order chi connectivity index (χ1) is 17.4. The van der Waals surface area contributed by atoms with Gasteiger partial charge in [-0.1, -0.05) is 110 Å². The first-order valence-electron chi connectivity index (χ1n) is 12.3. The topological polar surface area (TPSA) is 0 Å². The molecule has 0 radical (unpaired) electrons. The Morgan fingerprint density at radius 2 is 1.53 bits per heavy atom. The minimum Gasteiger partial charge on any atom is -0.166 e. The van der Waals surface area contributed by atoms with E-state index in [4.69, 9.17) is 0 Å². The second-order valence-corrected chi connectivity index (χ2v) is 9.58. The van der Waals surface area contributed by atoms with E-state index in [1.165, 1.54) is 40.0 Å². The molecule has 36 heavy (non-hydrogen) atoms. The summed E-state index contributed by atoms with van der Waals surface area (Å²) in [6.45, 7) is 2.16. The van der Waals surface area contributed by atoms with Crippen LogP contribution in [0.2, 0.25) is 0 Å². The van der Waals surface area contributed by atoms with Gasteiger partial charge in [-0.05, 0) is 63.1 Å². The van der Waals surface area contributed by atoms with Gasteiger partial charge in [0.1, 0.15) is 0 Å². The van der Waals surface area contributed by atoms with Gasteiger partial charge in [-0.15, -0.1) is 0 Å². The monoisotopic (exact) mass is 478 g/mol. The van der Waals surface area contributed by atoms with Crippen LogP contribution in [0.5, 0.6) is 0 Å². The SMILES string of the molecule is CCC1=CC2=CC=CC(c3ccccc3)(C3C(c4ccc(C(F)(F)F)cc4)=Cc4ccccc43)C2=C1. The van der Waals surface area contributed by atoms with Crippen LogP contribution >= 0.6 is 0 Å². The molecule has 3 aliphatic rings. The van der Waals surface area contributed by atoms with Crippen molar-refractivity contribution in [2.24, 2.45) is 0 Å². The van der Waals surface area contributed by atoms with E-state index in [1.54, 1.807) is 12.1 Å². The average Bonchev–Trinajstić information content (AvgIpc) is 3.51.